The van der Waals surface area contributed by atoms with Crippen LogP contribution in [0.3, 0.4) is 0 Å². The Morgan fingerprint density at radius 3 is 2.41 bits per heavy atom. The van der Waals surface area contributed by atoms with Gasteiger partial charge in [-0.25, -0.2) is 12.8 Å². The van der Waals surface area contributed by atoms with Gasteiger partial charge in [0.05, 0.1) is 42.3 Å². The fourth-order valence-electron chi connectivity index (χ4n) is 9.18. The van der Waals surface area contributed by atoms with Gasteiger partial charge in [0.15, 0.2) is 11.5 Å². The number of carbonyl (C=O) groups is 6. The molecule has 4 aliphatic heterocycles. The molecule has 0 aromatic heterocycles. The molecule has 4 heterocycles. The lowest BCUT2D eigenvalue weighted by molar-refractivity contribution is -0.137. The van der Waals surface area contributed by atoms with Gasteiger partial charge in [-0.1, -0.05) is 24.3 Å². The third kappa shape index (κ3) is 9.98. The maximum atomic E-state index is 14.9. The molecule has 0 saturated carbocycles. The SMILES string of the molecule is CCOc1cc([C@@H](CS(C)(=O)=O)N2C(=O)c3cc(C#CCCCCCN4CCC(c5cc(F)cc6c5CN(C5CCC(=O)NC5=O)C6=O)CC4)cc(NC(C)=O)c3C2=O)ccc1OC. The van der Waals surface area contributed by atoms with Crippen LogP contribution in [0.5, 0.6) is 11.5 Å². The number of halogens is 1. The number of piperidine rings is 2. The summed E-state index contributed by atoms with van der Waals surface area (Å²) < 4.78 is 51.3. The van der Waals surface area contributed by atoms with Gasteiger partial charge in [-0.05, 0) is 118 Å². The lowest BCUT2D eigenvalue weighted by Crippen LogP contribution is -2.52. The fraction of sp³-hybridized carbons (Fsp3) is 0.447. The molecule has 2 atom stereocenters. The number of hydrogen-bond acceptors (Lipinski definition) is 11. The number of unbranched alkanes of at least 4 members (excludes halogenated alkanes) is 3. The van der Waals surface area contributed by atoms with E-state index in [-0.39, 0.29) is 53.9 Å². The van der Waals surface area contributed by atoms with Crippen molar-refractivity contribution in [2.45, 2.75) is 89.8 Å². The molecule has 6 amide bonds. The summed E-state index contributed by atoms with van der Waals surface area (Å²) in [4.78, 5) is 82.8. The van der Waals surface area contributed by atoms with Crippen LogP contribution in [0.2, 0.25) is 0 Å². The van der Waals surface area contributed by atoms with Gasteiger partial charge >= 0.3 is 0 Å². The number of fused-ring (bicyclic) bond motifs is 2. The van der Waals surface area contributed by atoms with E-state index in [1.807, 2.05) is 0 Å². The number of anilines is 1. The first kappa shape index (κ1) is 45.9. The van der Waals surface area contributed by atoms with Crippen LogP contribution in [0.4, 0.5) is 10.1 Å². The Hall–Kier alpha value is -6.12. The zero-order chi connectivity index (χ0) is 45.9. The standard InChI is InChI=1S/C47H52FN5O10S/c1-5-63-41-23-31(12-14-40(41)62-3)39(27-64(4,60)61)53-46(58)35-21-29(22-37(49-28(2)54)43(35)47(53)59)11-9-7-6-8-10-18-51-19-16-30(17-20-51)33-24-32(48)25-34-36(33)26-52(45(34)57)38-13-15-42(55)50-44(38)56/h12,14,21-25,30,38-39H,5-8,10,13,15-20,26-27H2,1-4H3,(H,49,54)(H,50,55,56)/t38?,39-/m1/s1. The Morgan fingerprint density at radius 1 is 0.953 bits per heavy atom. The molecule has 17 heteroatoms. The molecule has 0 aliphatic carbocycles. The minimum Gasteiger partial charge on any atom is -0.493 e. The van der Waals surface area contributed by atoms with Crippen molar-refractivity contribution in [1.29, 1.82) is 0 Å². The molecule has 0 spiro atoms. The Labute approximate surface area is 371 Å². The number of ether oxygens (including phenoxy) is 2. The lowest BCUT2D eigenvalue weighted by atomic mass is 9.85. The molecule has 2 N–H and O–H groups in total. The van der Waals surface area contributed by atoms with E-state index in [9.17, 15) is 41.6 Å². The maximum absolute atomic E-state index is 14.9. The summed E-state index contributed by atoms with van der Waals surface area (Å²) in [5.41, 5.74) is 2.70. The second kappa shape index (κ2) is 19.3. The Balaban J connectivity index is 0.951. The van der Waals surface area contributed by atoms with E-state index in [0.717, 1.165) is 74.0 Å². The fourth-order valence-corrected chi connectivity index (χ4v) is 10.1. The Morgan fingerprint density at radius 2 is 1.72 bits per heavy atom. The smallest absolute Gasteiger partial charge is 0.264 e. The molecule has 7 rings (SSSR count). The molecule has 3 aromatic rings. The van der Waals surface area contributed by atoms with Crippen molar-refractivity contribution in [2.75, 3.05) is 50.7 Å². The Bertz CT molecular complexity index is 2580. The van der Waals surface area contributed by atoms with Crippen molar-refractivity contribution in [2.24, 2.45) is 0 Å². The number of hydrogen-bond donors (Lipinski definition) is 2. The van der Waals surface area contributed by atoms with E-state index in [2.05, 4.69) is 27.4 Å². The second-order valence-electron chi connectivity index (χ2n) is 16.7. The number of carbonyl (C=O) groups excluding carboxylic acids is 6. The number of likely N-dealkylation sites (tertiary alicyclic amines) is 1. The van der Waals surface area contributed by atoms with E-state index in [1.165, 1.54) is 37.1 Å². The first-order chi connectivity index (χ1) is 30.6. The molecule has 338 valence electrons. The molecule has 15 nitrogen and oxygen atoms in total. The van der Waals surface area contributed by atoms with Crippen molar-refractivity contribution in [3.63, 3.8) is 0 Å². The third-order valence-electron chi connectivity index (χ3n) is 12.2. The van der Waals surface area contributed by atoms with Gasteiger partial charge in [-0.3, -0.25) is 39.0 Å². The predicted octanol–water partition coefficient (Wildman–Crippen LogP) is 5.13. The molecule has 64 heavy (non-hydrogen) atoms. The Kier molecular flexibility index (Phi) is 13.9. The normalized spacial score (nSPS) is 18.3. The highest BCUT2D eigenvalue weighted by molar-refractivity contribution is 7.90. The summed E-state index contributed by atoms with van der Waals surface area (Å²) in [7, 11) is -2.26. The van der Waals surface area contributed by atoms with Crippen LogP contribution in [0.15, 0.2) is 42.5 Å². The highest BCUT2D eigenvalue weighted by atomic mass is 32.2. The van der Waals surface area contributed by atoms with E-state index in [4.69, 9.17) is 9.47 Å². The summed E-state index contributed by atoms with van der Waals surface area (Å²) in [6, 6.07) is 8.58. The second-order valence-corrected chi connectivity index (χ2v) is 18.9. The number of methoxy groups -OCH3 is 1. The predicted molar refractivity (Wildman–Crippen MR) is 234 cm³/mol. The van der Waals surface area contributed by atoms with E-state index in [1.54, 1.807) is 31.2 Å². The van der Waals surface area contributed by atoms with Gasteiger partial charge in [0.1, 0.15) is 21.7 Å². The number of nitrogens with one attached hydrogen (secondary N) is 2. The van der Waals surface area contributed by atoms with Gasteiger partial charge in [0.25, 0.3) is 17.7 Å². The van der Waals surface area contributed by atoms with Crippen molar-refractivity contribution < 1.29 is 51.0 Å². The van der Waals surface area contributed by atoms with Crippen molar-refractivity contribution in [3.8, 4) is 23.3 Å². The molecular weight excluding hydrogens is 846 g/mol. The molecule has 2 saturated heterocycles. The summed E-state index contributed by atoms with van der Waals surface area (Å²) >= 11 is 0. The first-order valence-electron chi connectivity index (χ1n) is 21.6. The van der Waals surface area contributed by atoms with Crippen molar-refractivity contribution >= 4 is 51.0 Å². The number of nitrogens with zero attached hydrogens (tertiary/aromatic N) is 3. The molecular formula is C47H52FN5O10S. The summed E-state index contributed by atoms with van der Waals surface area (Å²) in [5.74, 6) is 2.83. The number of amides is 6. The van der Waals surface area contributed by atoms with Gasteiger partial charge in [0, 0.05) is 43.7 Å². The van der Waals surface area contributed by atoms with Gasteiger partial charge in [0.2, 0.25) is 17.7 Å². The molecule has 0 bridgehead atoms. The highest BCUT2D eigenvalue weighted by Gasteiger charge is 2.44. The maximum Gasteiger partial charge on any atom is 0.264 e. The number of imide groups is 2. The average molecular weight is 898 g/mol. The summed E-state index contributed by atoms with van der Waals surface area (Å²) in [5, 5.41) is 4.97. The average Bonchev–Trinajstić information content (AvgIpc) is 3.70. The minimum absolute atomic E-state index is 0.00540. The zero-order valence-corrected chi connectivity index (χ0v) is 37.2. The molecule has 0 radical (unpaired) electrons. The van der Waals surface area contributed by atoms with Crippen LogP contribution in [0, 0.1) is 17.7 Å². The number of benzene rings is 3. The topological polar surface area (TPSA) is 189 Å². The van der Waals surface area contributed by atoms with Crippen LogP contribution >= 0.6 is 0 Å². The first-order valence-corrected chi connectivity index (χ1v) is 23.6. The summed E-state index contributed by atoms with van der Waals surface area (Å²) in [6.45, 7) is 6.08. The van der Waals surface area contributed by atoms with Crippen LogP contribution in [-0.4, -0.2) is 110 Å². The minimum atomic E-state index is -3.73. The molecule has 2 fully saturated rings. The quantitative estimate of drug-likeness (QED) is 0.117. The number of sulfone groups is 1. The highest BCUT2D eigenvalue weighted by Crippen LogP contribution is 2.40. The van der Waals surface area contributed by atoms with Crippen LogP contribution in [0.1, 0.15) is 131 Å². The van der Waals surface area contributed by atoms with Gasteiger partial charge < -0.3 is 24.6 Å². The van der Waals surface area contributed by atoms with E-state index < -0.39 is 57.1 Å². The molecule has 4 aliphatic rings. The van der Waals surface area contributed by atoms with Crippen LogP contribution < -0.4 is 20.1 Å². The van der Waals surface area contributed by atoms with Crippen molar-refractivity contribution in [3.05, 3.63) is 87.2 Å². The monoisotopic (exact) mass is 897 g/mol. The third-order valence-corrected chi connectivity index (χ3v) is 13.1. The van der Waals surface area contributed by atoms with Crippen LogP contribution in [-0.2, 0) is 30.8 Å². The lowest BCUT2D eigenvalue weighted by Gasteiger charge is -2.33. The van der Waals surface area contributed by atoms with Crippen LogP contribution in [0.25, 0.3) is 0 Å². The molecule has 3 aromatic carbocycles. The van der Waals surface area contributed by atoms with Gasteiger partial charge in [-0.15, -0.1) is 0 Å². The summed E-state index contributed by atoms with van der Waals surface area (Å²) in [6.07, 6.45) is 6.24. The van der Waals surface area contributed by atoms with E-state index in [0.29, 0.717) is 41.2 Å². The van der Waals surface area contributed by atoms with E-state index >= 15 is 0 Å². The zero-order valence-electron chi connectivity index (χ0n) is 36.4. The van der Waals surface area contributed by atoms with Crippen molar-refractivity contribution in [1.82, 2.24) is 20.0 Å². The largest absolute Gasteiger partial charge is 0.493 e. The molecule has 1 unspecified atom stereocenters. The van der Waals surface area contributed by atoms with Gasteiger partial charge in [-0.2, -0.15) is 0 Å². The number of rotatable bonds is 15.